The Balaban J connectivity index is 0.977. The van der Waals surface area contributed by atoms with Crippen molar-refractivity contribution < 1.29 is 0 Å². The van der Waals surface area contributed by atoms with E-state index in [1.165, 1.54) is 70.2 Å². The van der Waals surface area contributed by atoms with Crippen molar-refractivity contribution >= 4 is 31.5 Å². The Morgan fingerprint density at radius 1 is 0.323 bits per heavy atom. The molecule has 9 aromatic carbocycles. The van der Waals surface area contributed by atoms with E-state index >= 15 is 0 Å². The Morgan fingerprint density at radius 2 is 0.871 bits per heavy atom. The maximum atomic E-state index is 5.25. The molecule has 0 bridgehead atoms. The number of thiophene rings is 1. The number of hydrogen-bond donors (Lipinski definition) is 0. The Hall–Kier alpha value is -7.72. The molecule has 0 fully saturated rings. The molecule has 290 valence electrons. The fraction of sp³-hybridized carbons (Fsp3) is 0.0169. The Labute approximate surface area is 365 Å². The van der Waals surface area contributed by atoms with Gasteiger partial charge in [-0.05, 0) is 86.0 Å². The van der Waals surface area contributed by atoms with Crippen LogP contribution in [0.4, 0.5) is 0 Å². The molecule has 2 nitrogen and oxygen atoms in total. The minimum Gasteiger partial charge on any atom is -0.228 e. The van der Waals surface area contributed by atoms with Crippen LogP contribution in [0.5, 0.6) is 0 Å². The number of fused-ring (bicyclic) bond motifs is 6. The van der Waals surface area contributed by atoms with Gasteiger partial charge in [0.15, 0.2) is 5.82 Å². The zero-order chi connectivity index (χ0) is 41.0. The molecule has 3 heteroatoms. The van der Waals surface area contributed by atoms with Gasteiger partial charge in [0.2, 0.25) is 0 Å². The van der Waals surface area contributed by atoms with Crippen molar-refractivity contribution in [3.8, 4) is 67.3 Å². The van der Waals surface area contributed by atoms with Crippen LogP contribution in [0.2, 0.25) is 0 Å². The second kappa shape index (κ2) is 14.8. The summed E-state index contributed by atoms with van der Waals surface area (Å²) in [5.74, 6) is 0.701. The molecule has 11 aromatic rings. The van der Waals surface area contributed by atoms with Crippen LogP contribution in [0.15, 0.2) is 231 Å². The first-order valence-electron chi connectivity index (χ1n) is 21.1. The van der Waals surface area contributed by atoms with E-state index < -0.39 is 5.41 Å². The van der Waals surface area contributed by atoms with Crippen molar-refractivity contribution in [1.29, 1.82) is 0 Å². The molecule has 0 saturated heterocycles. The number of nitrogens with zero attached hydrogens (tertiary/aromatic N) is 2. The summed E-state index contributed by atoms with van der Waals surface area (Å²) in [7, 11) is 0. The summed E-state index contributed by atoms with van der Waals surface area (Å²) in [6.07, 6.45) is 0. The van der Waals surface area contributed by atoms with Crippen LogP contribution in [0.3, 0.4) is 0 Å². The second-order valence-electron chi connectivity index (χ2n) is 16.1. The Morgan fingerprint density at radius 3 is 1.65 bits per heavy atom. The molecule has 1 aliphatic carbocycles. The first kappa shape index (κ1) is 36.2. The van der Waals surface area contributed by atoms with Gasteiger partial charge in [-0.2, -0.15) is 0 Å². The van der Waals surface area contributed by atoms with E-state index in [1.807, 2.05) is 29.5 Å². The van der Waals surface area contributed by atoms with Crippen LogP contribution < -0.4 is 0 Å². The first-order chi connectivity index (χ1) is 30.7. The fourth-order valence-electron chi connectivity index (χ4n) is 9.78. The van der Waals surface area contributed by atoms with Crippen LogP contribution >= 0.6 is 11.3 Å². The Bertz CT molecular complexity index is 3400. The second-order valence-corrected chi connectivity index (χ2v) is 17.1. The van der Waals surface area contributed by atoms with Crippen molar-refractivity contribution in [2.24, 2.45) is 0 Å². The number of aromatic nitrogens is 2. The van der Waals surface area contributed by atoms with Crippen molar-refractivity contribution in [1.82, 2.24) is 9.97 Å². The normalized spacial score (nSPS) is 12.6. The number of rotatable bonds is 7. The summed E-state index contributed by atoms with van der Waals surface area (Å²) in [6.45, 7) is 0. The van der Waals surface area contributed by atoms with E-state index in [-0.39, 0.29) is 0 Å². The third kappa shape index (κ3) is 5.85. The van der Waals surface area contributed by atoms with E-state index in [9.17, 15) is 0 Å². The van der Waals surface area contributed by atoms with Gasteiger partial charge in [-0.15, -0.1) is 11.3 Å². The smallest absolute Gasteiger partial charge is 0.160 e. The molecule has 0 unspecified atom stereocenters. The van der Waals surface area contributed by atoms with Gasteiger partial charge >= 0.3 is 0 Å². The third-order valence-corrected chi connectivity index (χ3v) is 13.8. The largest absolute Gasteiger partial charge is 0.228 e. The minimum atomic E-state index is -0.464. The predicted molar refractivity (Wildman–Crippen MR) is 259 cm³/mol. The van der Waals surface area contributed by atoms with Crippen molar-refractivity contribution in [3.63, 3.8) is 0 Å². The molecule has 62 heavy (non-hydrogen) atoms. The average Bonchev–Trinajstić information content (AvgIpc) is 3.88. The molecule has 0 aliphatic heterocycles. The van der Waals surface area contributed by atoms with Gasteiger partial charge in [0.1, 0.15) is 0 Å². The van der Waals surface area contributed by atoms with Crippen LogP contribution in [0.25, 0.3) is 87.5 Å². The molecule has 0 amide bonds. The molecule has 2 aromatic heterocycles. The lowest BCUT2D eigenvalue weighted by Crippen LogP contribution is -2.28. The first-order valence-corrected chi connectivity index (χ1v) is 22.0. The van der Waals surface area contributed by atoms with Crippen molar-refractivity contribution in [2.75, 3.05) is 0 Å². The summed E-state index contributed by atoms with van der Waals surface area (Å²) >= 11 is 1.85. The molecular weight excluding hydrogens is 769 g/mol. The maximum absolute atomic E-state index is 5.25. The SMILES string of the molecule is c1ccc(-c2nc(-c3ccc(-c4ccc5sc6ccccc6c5c4)cc3)cc(-c3cccc(-c4cccc5c4-c4ccccc4C5(c4ccccc4)c4ccccc4)c3)n2)cc1. The molecule has 12 rings (SSSR count). The summed E-state index contributed by atoms with van der Waals surface area (Å²) in [6, 6.07) is 83.4. The highest BCUT2D eigenvalue weighted by molar-refractivity contribution is 7.25. The molecule has 0 spiro atoms. The van der Waals surface area contributed by atoms with Crippen LogP contribution in [-0.2, 0) is 5.41 Å². The quantitative estimate of drug-likeness (QED) is 0.160. The van der Waals surface area contributed by atoms with Gasteiger partial charge in [0.25, 0.3) is 0 Å². The highest BCUT2D eigenvalue weighted by Gasteiger charge is 2.46. The van der Waals surface area contributed by atoms with Crippen LogP contribution in [0, 0.1) is 0 Å². The van der Waals surface area contributed by atoms with Gasteiger partial charge in [0, 0.05) is 36.9 Å². The summed E-state index contributed by atoms with van der Waals surface area (Å²) in [4.78, 5) is 10.4. The fourth-order valence-corrected chi connectivity index (χ4v) is 10.9. The molecule has 0 saturated carbocycles. The third-order valence-electron chi connectivity index (χ3n) is 12.6. The predicted octanol–water partition coefficient (Wildman–Crippen LogP) is 15.5. The molecular formula is C59H38N2S. The monoisotopic (exact) mass is 806 g/mol. The van der Waals surface area contributed by atoms with Crippen LogP contribution in [-0.4, -0.2) is 9.97 Å². The zero-order valence-corrected chi connectivity index (χ0v) is 34.6. The molecule has 0 atom stereocenters. The van der Waals surface area contributed by atoms with E-state index in [4.69, 9.17) is 9.97 Å². The van der Waals surface area contributed by atoms with E-state index in [0.29, 0.717) is 5.82 Å². The summed E-state index contributed by atoms with van der Waals surface area (Å²) in [5, 5.41) is 2.62. The Kier molecular flexibility index (Phi) is 8.62. The minimum absolute atomic E-state index is 0.464. The van der Waals surface area contributed by atoms with Gasteiger partial charge < -0.3 is 0 Å². The van der Waals surface area contributed by atoms with Crippen LogP contribution in [0.1, 0.15) is 22.3 Å². The lowest BCUT2D eigenvalue weighted by atomic mass is 9.67. The molecule has 0 radical (unpaired) electrons. The van der Waals surface area contributed by atoms with Crippen molar-refractivity contribution in [3.05, 3.63) is 253 Å². The lowest BCUT2D eigenvalue weighted by molar-refractivity contribution is 0.768. The highest BCUT2D eigenvalue weighted by atomic mass is 32.1. The standard InChI is InChI=1S/C59H38N2S/c1-4-16-41(17-5-1)58-60-53(40-32-30-39(31-33-40)42-34-35-56-50(37-42)48-24-11-13-29-55(48)62-56)38-54(61-58)44-19-14-18-43(36-44)47-26-15-28-52-57(47)49-25-10-12-27-51(49)59(52,45-20-6-2-7-21-45)46-22-8-3-9-23-46/h1-38H. The summed E-state index contributed by atoms with van der Waals surface area (Å²) in [5.41, 5.74) is 16.7. The topological polar surface area (TPSA) is 25.8 Å². The van der Waals surface area contributed by atoms with Gasteiger partial charge in [-0.1, -0.05) is 200 Å². The maximum Gasteiger partial charge on any atom is 0.160 e. The van der Waals surface area contributed by atoms with Gasteiger partial charge in [-0.3, -0.25) is 0 Å². The molecule has 2 heterocycles. The van der Waals surface area contributed by atoms with Crippen molar-refractivity contribution in [2.45, 2.75) is 5.41 Å². The van der Waals surface area contributed by atoms with E-state index in [0.717, 1.165) is 33.6 Å². The number of hydrogen-bond acceptors (Lipinski definition) is 3. The lowest BCUT2D eigenvalue weighted by Gasteiger charge is -2.34. The van der Waals surface area contributed by atoms with Gasteiger partial charge in [-0.25, -0.2) is 9.97 Å². The van der Waals surface area contributed by atoms with E-state index in [1.54, 1.807) is 0 Å². The molecule has 1 aliphatic rings. The zero-order valence-electron chi connectivity index (χ0n) is 33.7. The number of benzene rings is 9. The van der Waals surface area contributed by atoms with Gasteiger partial charge in [0.05, 0.1) is 16.8 Å². The summed E-state index contributed by atoms with van der Waals surface area (Å²) < 4.78 is 2.63. The highest BCUT2D eigenvalue weighted by Crippen LogP contribution is 2.58. The average molecular weight is 807 g/mol. The molecule has 0 N–H and O–H groups in total. The van der Waals surface area contributed by atoms with E-state index in [2.05, 4.69) is 212 Å².